The Kier molecular flexibility index (Phi) is 4.00. The molecule has 3 aromatic rings. The van der Waals surface area contributed by atoms with Gasteiger partial charge in [-0.2, -0.15) is 4.80 Å². The summed E-state index contributed by atoms with van der Waals surface area (Å²) in [6, 6.07) is 9.85. The minimum absolute atomic E-state index is 0.0949. The number of rotatable bonds is 4. The fourth-order valence-electron chi connectivity index (χ4n) is 6.74. The van der Waals surface area contributed by atoms with Crippen LogP contribution < -0.4 is 5.32 Å². The second kappa shape index (κ2) is 6.67. The predicted octanol–water partition coefficient (Wildman–Crippen LogP) is 2.92. The summed E-state index contributed by atoms with van der Waals surface area (Å²) in [5.41, 5.74) is 1.75. The molecule has 1 amide bonds. The Morgan fingerprint density at radius 2 is 1.90 bits per heavy atom. The average molecular weight is 416 g/mol. The normalized spacial score (nSPS) is 31.0. The Morgan fingerprint density at radius 3 is 2.61 bits per heavy atom. The summed E-state index contributed by atoms with van der Waals surface area (Å²) < 4.78 is 0. The zero-order chi connectivity index (χ0) is 21.1. The Labute approximate surface area is 180 Å². The Morgan fingerprint density at radius 1 is 1.13 bits per heavy atom. The number of carbonyl (C=O) groups excluding carboxylic acids is 1. The van der Waals surface area contributed by atoms with Gasteiger partial charge in [0, 0.05) is 17.3 Å². The number of nitrogens with one attached hydrogen (secondary N) is 1. The highest BCUT2D eigenvalue weighted by Gasteiger charge is 2.60. The van der Waals surface area contributed by atoms with Crippen LogP contribution >= 0.6 is 0 Å². The van der Waals surface area contributed by atoms with Crippen molar-refractivity contribution in [3.05, 3.63) is 54.2 Å². The van der Waals surface area contributed by atoms with Crippen LogP contribution in [0.25, 0.3) is 11.3 Å². The van der Waals surface area contributed by atoms with Crippen LogP contribution in [-0.2, 0) is 5.54 Å². The zero-order valence-electron chi connectivity index (χ0n) is 17.5. The molecule has 2 atom stereocenters. The lowest BCUT2D eigenvalue weighted by Gasteiger charge is -2.61. The molecular weight excluding hydrogens is 390 g/mol. The van der Waals surface area contributed by atoms with Gasteiger partial charge in [0.05, 0.1) is 16.8 Å². The van der Waals surface area contributed by atoms with Crippen LogP contribution in [0.15, 0.2) is 42.9 Å². The molecule has 0 aliphatic heterocycles. The number of benzene rings is 1. The standard InChI is InChI=1S/C23H25N7O/c1-15-24-12-19(20(27-15)18-5-3-2-4-6-18)21(31)28-22-8-16-7-17(9-22)11-23(10-16,13-22)30-26-14-25-29-30/h2-6,12,14,16-17H,7-11,13H2,1H3,(H,28,31). The number of carbonyl (C=O) groups is 1. The van der Waals surface area contributed by atoms with Crippen molar-refractivity contribution < 1.29 is 4.79 Å². The molecule has 0 radical (unpaired) electrons. The Hall–Kier alpha value is -3.16. The van der Waals surface area contributed by atoms with Crippen molar-refractivity contribution in [1.82, 2.24) is 35.5 Å². The first-order valence-corrected chi connectivity index (χ1v) is 11.0. The first-order chi connectivity index (χ1) is 15.0. The maximum Gasteiger partial charge on any atom is 0.255 e. The van der Waals surface area contributed by atoms with Crippen LogP contribution in [0, 0.1) is 18.8 Å². The van der Waals surface area contributed by atoms with Gasteiger partial charge in [-0.1, -0.05) is 30.3 Å². The summed E-state index contributed by atoms with van der Waals surface area (Å²) in [6.45, 7) is 1.85. The van der Waals surface area contributed by atoms with E-state index in [1.54, 1.807) is 6.20 Å². The van der Waals surface area contributed by atoms with E-state index in [1.165, 1.54) is 12.7 Å². The number of aryl methyl sites for hydroxylation is 1. The maximum atomic E-state index is 13.6. The molecular formula is C23H25N7O. The first kappa shape index (κ1) is 18.6. The van der Waals surface area contributed by atoms with Gasteiger partial charge in [-0.05, 0) is 62.5 Å². The van der Waals surface area contributed by atoms with E-state index in [0.717, 1.165) is 37.7 Å². The van der Waals surface area contributed by atoms with E-state index >= 15 is 0 Å². The van der Waals surface area contributed by atoms with Gasteiger partial charge in [0.2, 0.25) is 0 Å². The number of hydrogen-bond donors (Lipinski definition) is 1. The van der Waals surface area contributed by atoms with Crippen LogP contribution in [0.5, 0.6) is 0 Å². The molecule has 4 aliphatic carbocycles. The fourth-order valence-corrected chi connectivity index (χ4v) is 6.74. The highest BCUT2D eigenvalue weighted by Crippen LogP contribution is 2.60. The lowest BCUT2D eigenvalue weighted by molar-refractivity contribution is -0.0810. The van der Waals surface area contributed by atoms with Gasteiger partial charge in [0.25, 0.3) is 5.91 Å². The number of amides is 1. The predicted molar refractivity (Wildman–Crippen MR) is 113 cm³/mol. The molecule has 0 saturated heterocycles. The van der Waals surface area contributed by atoms with Crippen molar-refractivity contribution in [2.75, 3.05) is 0 Å². The summed E-state index contributed by atoms with van der Waals surface area (Å²) in [4.78, 5) is 24.3. The molecule has 1 N–H and O–H groups in total. The number of aromatic nitrogens is 6. The molecule has 2 heterocycles. The smallest absolute Gasteiger partial charge is 0.255 e. The number of nitrogens with zero attached hydrogens (tertiary/aromatic N) is 6. The molecule has 8 heteroatoms. The summed E-state index contributed by atoms with van der Waals surface area (Å²) >= 11 is 0. The average Bonchev–Trinajstić information content (AvgIpc) is 3.29. The molecule has 2 unspecified atom stereocenters. The fraction of sp³-hybridized carbons (Fsp3) is 0.478. The van der Waals surface area contributed by atoms with Gasteiger partial charge in [0.15, 0.2) is 6.33 Å². The summed E-state index contributed by atoms with van der Waals surface area (Å²) in [5.74, 6) is 1.72. The first-order valence-electron chi connectivity index (χ1n) is 11.0. The minimum Gasteiger partial charge on any atom is -0.346 e. The van der Waals surface area contributed by atoms with Crippen LogP contribution in [0.4, 0.5) is 0 Å². The second-order valence-electron chi connectivity index (χ2n) is 9.69. The second-order valence-corrected chi connectivity index (χ2v) is 9.69. The van der Waals surface area contributed by atoms with Crippen LogP contribution in [0.1, 0.15) is 54.7 Å². The van der Waals surface area contributed by atoms with Crippen LogP contribution in [0.3, 0.4) is 0 Å². The van der Waals surface area contributed by atoms with Crippen LogP contribution in [-0.4, -0.2) is 41.6 Å². The molecule has 8 nitrogen and oxygen atoms in total. The van der Waals surface area contributed by atoms with E-state index in [-0.39, 0.29) is 17.0 Å². The van der Waals surface area contributed by atoms with Crippen molar-refractivity contribution in [1.29, 1.82) is 0 Å². The maximum absolute atomic E-state index is 13.6. The lowest BCUT2D eigenvalue weighted by Crippen LogP contribution is -2.66. The SMILES string of the molecule is Cc1ncc(C(=O)NC23CC4CC(C2)CC(n2ncnn2)(C4)C3)c(-c2ccccc2)n1. The van der Waals surface area contributed by atoms with Gasteiger partial charge in [-0.3, -0.25) is 4.79 Å². The van der Waals surface area contributed by atoms with Crippen molar-refractivity contribution in [3.63, 3.8) is 0 Å². The van der Waals surface area contributed by atoms with E-state index in [0.29, 0.717) is 28.9 Å². The quantitative estimate of drug-likeness (QED) is 0.703. The van der Waals surface area contributed by atoms with E-state index in [4.69, 9.17) is 0 Å². The van der Waals surface area contributed by atoms with Crippen molar-refractivity contribution in [3.8, 4) is 11.3 Å². The zero-order valence-corrected chi connectivity index (χ0v) is 17.5. The highest BCUT2D eigenvalue weighted by molar-refractivity contribution is 6.00. The van der Waals surface area contributed by atoms with Gasteiger partial charge in [0.1, 0.15) is 5.82 Å². The van der Waals surface area contributed by atoms with Gasteiger partial charge in [-0.15, -0.1) is 10.2 Å². The highest BCUT2D eigenvalue weighted by atomic mass is 16.1. The summed E-state index contributed by atoms with van der Waals surface area (Å²) in [7, 11) is 0. The van der Waals surface area contributed by atoms with E-state index in [1.807, 2.05) is 42.1 Å². The number of tetrazole rings is 1. The molecule has 31 heavy (non-hydrogen) atoms. The summed E-state index contributed by atoms with van der Waals surface area (Å²) in [5, 5.41) is 16.1. The largest absolute Gasteiger partial charge is 0.346 e. The van der Waals surface area contributed by atoms with Gasteiger partial charge in [-0.25, -0.2) is 9.97 Å². The number of hydrogen-bond acceptors (Lipinski definition) is 6. The van der Waals surface area contributed by atoms with Crippen molar-refractivity contribution in [2.45, 2.75) is 56.5 Å². The minimum atomic E-state index is -0.242. The van der Waals surface area contributed by atoms with Gasteiger partial charge >= 0.3 is 0 Å². The van der Waals surface area contributed by atoms with E-state index < -0.39 is 0 Å². The molecule has 4 bridgehead atoms. The third-order valence-electron chi connectivity index (χ3n) is 7.38. The van der Waals surface area contributed by atoms with E-state index in [2.05, 4.69) is 30.7 Å². The summed E-state index contributed by atoms with van der Waals surface area (Å²) in [6.07, 6.45) is 9.42. The van der Waals surface area contributed by atoms with E-state index in [9.17, 15) is 4.79 Å². The van der Waals surface area contributed by atoms with Crippen LogP contribution in [0.2, 0.25) is 0 Å². The van der Waals surface area contributed by atoms with Crippen molar-refractivity contribution >= 4 is 5.91 Å². The third kappa shape index (κ3) is 3.04. The molecule has 0 spiro atoms. The monoisotopic (exact) mass is 415 g/mol. The molecule has 2 aromatic heterocycles. The Bertz CT molecular complexity index is 1110. The molecule has 7 rings (SSSR count). The molecule has 4 saturated carbocycles. The Balaban J connectivity index is 1.34. The van der Waals surface area contributed by atoms with Crippen molar-refractivity contribution in [2.24, 2.45) is 11.8 Å². The molecule has 4 fully saturated rings. The molecule has 4 aliphatic rings. The topological polar surface area (TPSA) is 98.5 Å². The lowest BCUT2D eigenvalue weighted by atomic mass is 9.50. The molecule has 158 valence electrons. The third-order valence-corrected chi connectivity index (χ3v) is 7.38. The molecule has 1 aromatic carbocycles. The van der Waals surface area contributed by atoms with Gasteiger partial charge < -0.3 is 5.32 Å².